The molecule has 2 N–H and O–H groups in total. The van der Waals surface area contributed by atoms with Gasteiger partial charge >= 0.3 is 5.92 Å². The molecule has 14 heavy (non-hydrogen) atoms. The highest BCUT2D eigenvalue weighted by molar-refractivity contribution is 5.85. The molecule has 1 aliphatic rings. The molecule has 3 nitrogen and oxygen atoms in total. The van der Waals surface area contributed by atoms with Crippen LogP contribution in [0.1, 0.15) is 27.7 Å². The average molecular weight is 206 g/mol. The van der Waals surface area contributed by atoms with Crippen LogP contribution in [0, 0.1) is 5.41 Å². The van der Waals surface area contributed by atoms with E-state index in [4.69, 9.17) is 0 Å². The summed E-state index contributed by atoms with van der Waals surface area (Å²) in [6.07, 6.45) is -0.412. The Bertz CT molecular complexity index is 248. The molecule has 0 aromatic carbocycles. The van der Waals surface area contributed by atoms with Gasteiger partial charge in [0.15, 0.2) is 0 Å². The minimum absolute atomic E-state index is 0.277. The number of hydrogen-bond donors (Lipinski definition) is 2. The first kappa shape index (κ1) is 11.4. The molecule has 82 valence electrons. The molecule has 1 rings (SSSR count). The summed E-state index contributed by atoms with van der Waals surface area (Å²) in [5, 5.41) is 4.97. The summed E-state index contributed by atoms with van der Waals surface area (Å²) in [6, 6.07) is -1.12. The van der Waals surface area contributed by atoms with Gasteiger partial charge in [0.2, 0.25) is 0 Å². The fraction of sp³-hybridized carbons (Fsp3) is 0.889. The van der Waals surface area contributed by atoms with Crippen molar-refractivity contribution in [1.29, 1.82) is 0 Å². The highest BCUT2D eigenvalue weighted by Crippen LogP contribution is 2.27. The lowest BCUT2D eigenvalue weighted by molar-refractivity contribution is -0.158. The number of nitrogens with one attached hydrogen (secondary N) is 2. The molecular weight excluding hydrogens is 190 g/mol. The number of hydrogen-bond acceptors (Lipinski definition) is 2. The maximum Gasteiger partial charge on any atom is 0.339 e. The van der Waals surface area contributed by atoms with Crippen LogP contribution in [-0.4, -0.2) is 24.0 Å². The van der Waals surface area contributed by atoms with E-state index in [1.807, 2.05) is 20.8 Å². The van der Waals surface area contributed by atoms with Gasteiger partial charge in [-0.1, -0.05) is 20.8 Å². The van der Waals surface area contributed by atoms with Crippen molar-refractivity contribution in [2.45, 2.75) is 45.8 Å². The third-order valence-corrected chi connectivity index (χ3v) is 2.40. The SMILES string of the molecule is C[C@@H]1N[C@H](C(C)(C)C)NC(=O)C1(F)F. The molecule has 0 aromatic heterocycles. The second kappa shape index (κ2) is 3.15. The van der Waals surface area contributed by atoms with E-state index in [1.54, 1.807) is 0 Å². The second-order valence-corrected chi connectivity index (χ2v) is 4.78. The zero-order chi connectivity index (χ0) is 11.1. The van der Waals surface area contributed by atoms with Crippen LogP contribution < -0.4 is 10.6 Å². The first-order valence-electron chi connectivity index (χ1n) is 4.60. The van der Waals surface area contributed by atoms with Crippen LogP contribution in [0.4, 0.5) is 8.78 Å². The Balaban J connectivity index is 2.81. The lowest BCUT2D eigenvalue weighted by Gasteiger charge is -2.41. The lowest BCUT2D eigenvalue weighted by atomic mass is 9.89. The van der Waals surface area contributed by atoms with Gasteiger partial charge in [-0.15, -0.1) is 0 Å². The highest BCUT2D eigenvalue weighted by atomic mass is 19.3. The zero-order valence-electron chi connectivity index (χ0n) is 8.82. The number of carbonyl (C=O) groups excluding carboxylic acids is 1. The molecule has 1 saturated heterocycles. The van der Waals surface area contributed by atoms with Crippen molar-refractivity contribution in [2.75, 3.05) is 0 Å². The number of rotatable bonds is 0. The summed E-state index contributed by atoms with van der Waals surface area (Å²) in [6.45, 7) is 6.95. The van der Waals surface area contributed by atoms with Crippen molar-refractivity contribution < 1.29 is 13.6 Å². The molecule has 0 bridgehead atoms. The standard InChI is InChI=1S/C9H16F2N2O/c1-5-9(10,11)7(14)13-6(12-5)8(2,3)4/h5-6,12H,1-4H3,(H,13,14)/t5-,6-/m0/s1. The van der Waals surface area contributed by atoms with Crippen molar-refractivity contribution in [2.24, 2.45) is 5.41 Å². The summed E-state index contributed by atoms with van der Waals surface area (Å²) >= 11 is 0. The van der Waals surface area contributed by atoms with E-state index in [0.717, 1.165) is 0 Å². The van der Waals surface area contributed by atoms with Crippen molar-refractivity contribution in [1.82, 2.24) is 10.6 Å². The fourth-order valence-electron chi connectivity index (χ4n) is 1.29. The molecule has 0 spiro atoms. The first-order valence-corrected chi connectivity index (χ1v) is 4.60. The molecule has 0 aromatic rings. The number of carbonyl (C=O) groups is 1. The van der Waals surface area contributed by atoms with Crippen LogP contribution >= 0.6 is 0 Å². The van der Waals surface area contributed by atoms with E-state index >= 15 is 0 Å². The lowest BCUT2D eigenvalue weighted by Crippen LogP contribution is -2.69. The maximum atomic E-state index is 13.1. The molecule has 0 aliphatic carbocycles. The summed E-state index contributed by atoms with van der Waals surface area (Å²) in [7, 11) is 0. The van der Waals surface area contributed by atoms with Gasteiger partial charge in [0.25, 0.3) is 5.91 Å². The third-order valence-electron chi connectivity index (χ3n) is 2.40. The summed E-state index contributed by atoms with van der Waals surface area (Å²) < 4.78 is 26.2. The molecular formula is C9H16F2N2O. The van der Waals surface area contributed by atoms with Crippen molar-refractivity contribution in [3.8, 4) is 0 Å². The minimum Gasteiger partial charge on any atom is -0.335 e. The quantitative estimate of drug-likeness (QED) is 0.623. The summed E-state index contributed by atoms with van der Waals surface area (Å²) in [5.41, 5.74) is -0.277. The van der Waals surface area contributed by atoms with Gasteiger partial charge < -0.3 is 5.32 Å². The Kier molecular flexibility index (Phi) is 2.56. The van der Waals surface area contributed by atoms with E-state index in [-0.39, 0.29) is 5.41 Å². The highest BCUT2D eigenvalue weighted by Gasteiger charge is 2.51. The predicted octanol–water partition coefficient (Wildman–Crippen LogP) is 1.10. The Morgan fingerprint density at radius 3 is 2.21 bits per heavy atom. The van der Waals surface area contributed by atoms with Crippen molar-refractivity contribution >= 4 is 5.91 Å². The number of halogens is 2. The van der Waals surface area contributed by atoms with Crippen molar-refractivity contribution in [3.05, 3.63) is 0 Å². The number of amides is 1. The minimum atomic E-state index is -3.32. The van der Waals surface area contributed by atoms with Gasteiger partial charge in [-0.2, -0.15) is 8.78 Å². The largest absolute Gasteiger partial charge is 0.339 e. The van der Waals surface area contributed by atoms with Crippen LogP contribution in [0.25, 0.3) is 0 Å². The smallest absolute Gasteiger partial charge is 0.335 e. The first-order chi connectivity index (χ1) is 6.15. The Morgan fingerprint density at radius 1 is 1.36 bits per heavy atom. The average Bonchev–Trinajstić information content (AvgIpc) is 1.98. The van der Waals surface area contributed by atoms with Gasteiger partial charge in [-0.25, -0.2) is 0 Å². The topological polar surface area (TPSA) is 41.1 Å². The van der Waals surface area contributed by atoms with Crippen LogP contribution in [0.15, 0.2) is 0 Å². The number of alkyl halides is 2. The molecule has 5 heteroatoms. The van der Waals surface area contributed by atoms with Crippen LogP contribution in [-0.2, 0) is 4.79 Å². The van der Waals surface area contributed by atoms with Gasteiger partial charge in [-0.05, 0) is 12.3 Å². The second-order valence-electron chi connectivity index (χ2n) is 4.78. The van der Waals surface area contributed by atoms with Crippen LogP contribution in [0.3, 0.4) is 0 Å². The molecule has 0 saturated carbocycles. The van der Waals surface area contributed by atoms with Crippen LogP contribution in [0.5, 0.6) is 0 Å². The van der Waals surface area contributed by atoms with Crippen LogP contribution in [0.2, 0.25) is 0 Å². The Morgan fingerprint density at radius 2 is 1.86 bits per heavy atom. The van der Waals surface area contributed by atoms with Gasteiger partial charge in [0.05, 0.1) is 12.2 Å². The molecule has 1 aliphatic heterocycles. The third kappa shape index (κ3) is 1.87. The normalized spacial score (nSPS) is 32.6. The molecule has 1 heterocycles. The van der Waals surface area contributed by atoms with E-state index in [0.29, 0.717) is 0 Å². The predicted molar refractivity (Wildman–Crippen MR) is 48.9 cm³/mol. The fourth-order valence-corrected chi connectivity index (χ4v) is 1.29. The van der Waals surface area contributed by atoms with Crippen molar-refractivity contribution in [3.63, 3.8) is 0 Å². The molecule has 0 unspecified atom stereocenters. The maximum absolute atomic E-state index is 13.1. The Labute approximate surface area is 82.2 Å². The van der Waals surface area contributed by atoms with E-state index in [9.17, 15) is 13.6 Å². The summed E-state index contributed by atoms with van der Waals surface area (Å²) in [4.78, 5) is 11.1. The molecule has 2 atom stereocenters. The molecule has 1 fully saturated rings. The van der Waals surface area contributed by atoms with Gasteiger partial charge in [-0.3, -0.25) is 10.1 Å². The van der Waals surface area contributed by atoms with Gasteiger partial charge in [0.1, 0.15) is 0 Å². The summed E-state index contributed by atoms with van der Waals surface area (Å²) in [5.74, 6) is -4.51. The van der Waals surface area contributed by atoms with Gasteiger partial charge in [0, 0.05) is 0 Å². The van der Waals surface area contributed by atoms with E-state index in [2.05, 4.69) is 10.6 Å². The monoisotopic (exact) mass is 206 g/mol. The zero-order valence-corrected chi connectivity index (χ0v) is 8.82. The Hall–Kier alpha value is -0.710. The molecule has 1 amide bonds. The molecule has 0 radical (unpaired) electrons. The van der Waals surface area contributed by atoms with E-state index < -0.39 is 24.0 Å². The van der Waals surface area contributed by atoms with E-state index in [1.165, 1.54) is 6.92 Å².